The second kappa shape index (κ2) is 11.2. The quantitative estimate of drug-likeness (QED) is 0.326. The molecule has 4 aromatic rings. The van der Waals surface area contributed by atoms with Crippen molar-refractivity contribution in [2.24, 2.45) is 5.92 Å². The fourth-order valence-corrected chi connectivity index (χ4v) is 4.85. The minimum atomic E-state index is -0.635. The lowest BCUT2D eigenvalue weighted by molar-refractivity contribution is -0.120. The Morgan fingerprint density at radius 2 is 1.65 bits per heavy atom. The van der Waals surface area contributed by atoms with E-state index in [1.165, 1.54) is 4.57 Å². The fourth-order valence-electron chi connectivity index (χ4n) is 4.85. The number of aromatic nitrogens is 2. The molecule has 40 heavy (non-hydrogen) atoms. The summed E-state index contributed by atoms with van der Waals surface area (Å²) in [6.07, 6.45) is 6.14. The number of carbonyl (C=O) groups is 3. The van der Waals surface area contributed by atoms with Crippen molar-refractivity contribution in [3.63, 3.8) is 0 Å². The van der Waals surface area contributed by atoms with Crippen molar-refractivity contribution >= 4 is 45.9 Å². The normalized spacial score (nSPS) is 14.1. The Balaban J connectivity index is 1.26. The van der Waals surface area contributed by atoms with E-state index in [4.69, 9.17) is 4.74 Å². The standard InChI is InChI=1S/C31H33N5O4/c1-31(2,3)40-30(39)36-19-14-21-8-9-23(20-27(21)36)33-29(38)25-6-4-5-7-26(25)34-28(37)22-12-17-35(18-13-22)24-10-15-32-16-11-24/h4-11,14-16,19-20,22H,12-13,17-18H2,1-3H3,(H,33,38)(H,34,37). The van der Waals surface area contributed by atoms with Crippen molar-refractivity contribution in [3.8, 4) is 0 Å². The first kappa shape index (κ1) is 26.9. The SMILES string of the molecule is CC(C)(C)OC(=O)n1ccc2ccc(NC(=O)c3ccccc3NC(=O)C3CCN(c4ccncc4)CC3)cc21. The molecule has 5 rings (SSSR count). The number of fused-ring (bicyclic) bond motifs is 1. The number of para-hydroxylation sites is 1. The summed E-state index contributed by atoms with van der Waals surface area (Å²) in [5, 5.41) is 6.72. The third-order valence-corrected chi connectivity index (χ3v) is 6.86. The Morgan fingerprint density at radius 3 is 2.38 bits per heavy atom. The van der Waals surface area contributed by atoms with Crippen LogP contribution in [0.5, 0.6) is 0 Å². The van der Waals surface area contributed by atoms with E-state index in [-0.39, 0.29) is 17.7 Å². The molecule has 0 saturated carbocycles. The van der Waals surface area contributed by atoms with Crippen molar-refractivity contribution < 1.29 is 19.1 Å². The maximum absolute atomic E-state index is 13.3. The minimum Gasteiger partial charge on any atom is -0.443 e. The Morgan fingerprint density at radius 1 is 0.925 bits per heavy atom. The predicted molar refractivity (Wildman–Crippen MR) is 156 cm³/mol. The molecule has 9 nitrogen and oxygen atoms in total. The van der Waals surface area contributed by atoms with Crippen LogP contribution in [0.15, 0.2) is 79.3 Å². The predicted octanol–water partition coefficient (Wildman–Crippen LogP) is 5.93. The van der Waals surface area contributed by atoms with Crippen LogP contribution in [0, 0.1) is 5.92 Å². The number of nitrogens with one attached hydrogen (secondary N) is 2. The number of anilines is 3. The van der Waals surface area contributed by atoms with Crippen molar-refractivity contribution in [3.05, 3.63) is 84.8 Å². The van der Waals surface area contributed by atoms with E-state index in [9.17, 15) is 14.4 Å². The zero-order chi connectivity index (χ0) is 28.3. The van der Waals surface area contributed by atoms with Gasteiger partial charge in [0, 0.05) is 54.4 Å². The van der Waals surface area contributed by atoms with Gasteiger partial charge in [-0.3, -0.25) is 19.1 Å². The Hall–Kier alpha value is -4.66. The van der Waals surface area contributed by atoms with Crippen LogP contribution in [-0.4, -0.2) is 46.1 Å². The average molecular weight is 540 g/mol. The summed E-state index contributed by atoms with van der Waals surface area (Å²) in [6, 6.07) is 18.1. The van der Waals surface area contributed by atoms with Crippen molar-refractivity contribution in [1.29, 1.82) is 0 Å². The molecule has 206 valence electrons. The molecule has 9 heteroatoms. The van der Waals surface area contributed by atoms with Gasteiger partial charge in [-0.1, -0.05) is 18.2 Å². The van der Waals surface area contributed by atoms with Gasteiger partial charge in [-0.25, -0.2) is 4.79 Å². The van der Waals surface area contributed by atoms with Gasteiger partial charge in [0.1, 0.15) is 5.60 Å². The maximum atomic E-state index is 13.3. The van der Waals surface area contributed by atoms with E-state index in [2.05, 4.69) is 20.5 Å². The molecule has 1 fully saturated rings. The number of hydrogen-bond acceptors (Lipinski definition) is 6. The number of benzene rings is 2. The van der Waals surface area contributed by atoms with Crippen LogP contribution in [0.4, 0.5) is 21.9 Å². The van der Waals surface area contributed by atoms with Crippen LogP contribution >= 0.6 is 0 Å². The molecule has 1 saturated heterocycles. The molecule has 0 bridgehead atoms. The number of pyridine rings is 1. The Kier molecular flexibility index (Phi) is 7.55. The largest absolute Gasteiger partial charge is 0.443 e. The van der Waals surface area contributed by atoms with E-state index in [0.29, 0.717) is 22.5 Å². The number of rotatable bonds is 5. The molecular formula is C31H33N5O4. The van der Waals surface area contributed by atoms with Gasteiger partial charge in [-0.2, -0.15) is 0 Å². The highest BCUT2D eigenvalue weighted by Crippen LogP contribution is 2.26. The van der Waals surface area contributed by atoms with Gasteiger partial charge in [0.2, 0.25) is 5.91 Å². The average Bonchev–Trinajstić information content (AvgIpc) is 3.36. The van der Waals surface area contributed by atoms with E-state index in [1.54, 1.807) is 55.0 Å². The molecule has 0 spiro atoms. The molecule has 2 aromatic heterocycles. The van der Waals surface area contributed by atoms with Crippen LogP contribution in [-0.2, 0) is 9.53 Å². The van der Waals surface area contributed by atoms with Gasteiger partial charge in [0.05, 0.1) is 16.8 Å². The van der Waals surface area contributed by atoms with Gasteiger partial charge in [-0.15, -0.1) is 0 Å². The molecule has 3 heterocycles. The third-order valence-electron chi connectivity index (χ3n) is 6.86. The second-order valence-corrected chi connectivity index (χ2v) is 10.9. The highest BCUT2D eigenvalue weighted by atomic mass is 16.6. The minimum absolute atomic E-state index is 0.0914. The molecule has 2 amide bonds. The molecular weight excluding hydrogens is 506 g/mol. The van der Waals surface area contributed by atoms with Gasteiger partial charge in [0.25, 0.3) is 5.91 Å². The fraction of sp³-hybridized carbons (Fsp3) is 0.290. The molecule has 0 atom stereocenters. The van der Waals surface area contributed by atoms with Crippen LogP contribution in [0.3, 0.4) is 0 Å². The van der Waals surface area contributed by atoms with Gasteiger partial charge >= 0.3 is 6.09 Å². The lowest BCUT2D eigenvalue weighted by atomic mass is 9.95. The summed E-state index contributed by atoms with van der Waals surface area (Å²) in [7, 11) is 0. The summed E-state index contributed by atoms with van der Waals surface area (Å²) in [4.78, 5) is 45.4. The number of hydrogen-bond donors (Lipinski definition) is 2. The molecule has 0 unspecified atom stereocenters. The highest BCUT2D eigenvalue weighted by molar-refractivity contribution is 6.10. The molecule has 2 N–H and O–H groups in total. The first-order valence-electron chi connectivity index (χ1n) is 13.4. The Labute approximate surface area is 233 Å². The van der Waals surface area contributed by atoms with Crippen LogP contribution < -0.4 is 15.5 Å². The number of ether oxygens (including phenoxy) is 1. The zero-order valence-electron chi connectivity index (χ0n) is 22.9. The summed E-state index contributed by atoms with van der Waals surface area (Å²) in [5.41, 5.74) is 2.42. The van der Waals surface area contributed by atoms with Crippen LogP contribution in [0.1, 0.15) is 44.0 Å². The molecule has 0 aliphatic carbocycles. The molecule has 0 radical (unpaired) electrons. The van der Waals surface area contributed by atoms with Gasteiger partial charge in [0.15, 0.2) is 0 Å². The van der Waals surface area contributed by atoms with E-state index >= 15 is 0 Å². The monoisotopic (exact) mass is 539 g/mol. The molecule has 1 aliphatic heterocycles. The van der Waals surface area contributed by atoms with Crippen LogP contribution in [0.25, 0.3) is 10.9 Å². The Bertz CT molecular complexity index is 1530. The summed E-state index contributed by atoms with van der Waals surface area (Å²) >= 11 is 0. The first-order valence-corrected chi connectivity index (χ1v) is 13.4. The topological polar surface area (TPSA) is 106 Å². The first-order chi connectivity index (χ1) is 19.2. The van der Waals surface area contributed by atoms with E-state index < -0.39 is 11.7 Å². The van der Waals surface area contributed by atoms with E-state index in [0.717, 1.165) is 37.0 Å². The summed E-state index contributed by atoms with van der Waals surface area (Å²) < 4.78 is 6.92. The lowest BCUT2D eigenvalue weighted by Crippen LogP contribution is -2.38. The number of amides is 2. The number of carbonyl (C=O) groups excluding carboxylic acids is 3. The third kappa shape index (κ3) is 6.14. The summed E-state index contributed by atoms with van der Waals surface area (Å²) in [5.74, 6) is -0.596. The van der Waals surface area contributed by atoms with Crippen LogP contribution in [0.2, 0.25) is 0 Å². The lowest BCUT2D eigenvalue weighted by Gasteiger charge is -2.33. The number of nitrogens with zero attached hydrogens (tertiary/aromatic N) is 3. The molecule has 1 aliphatic rings. The zero-order valence-corrected chi connectivity index (χ0v) is 22.9. The highest BCUT2D eigenvalue weighted by Gasteiger charge is 2.26. The summed E-state index contributed by atoms with van der Waals surface area (Å²) in [6.45, 7) is 6.98. The smallest absolute Gasteiger partial charge is 0.418 e. The van der Waals surface area contributed by atoms with Gasteiger partial charge < -0.3 is 20.3 Å². The maximum Gasteiger partial charge on any atom is 0.418 e. The van der Waals surface area contributed by atoms with Crippen molar-refractivity contribution in [2.75, 3.05) is 28.6 Å². The van der Waals surface area contributed by atoms with E-state index in [1.807, 2.05) is 45.0 Å². The van der Waals surface area contributed by atoms with Crippen molar-refractivity contribution in [1.82, 2.24) is 9.55 Å². The van der Waals surface area contributed by atoms with Gasteiger partial charge in [-0.05, 0) is 76.1 Å². The van der Waals surface area contributed by atoms with Crippen molar-refractivity contribution in [2.45, 2.75) is 39.2 Å². The molecule has 2 aromatic carbocycles. The number of piperidine rings is 1. The second-order valence-electron chi connectivity index (χ2n) is 10.9.